The van der Waals surface area contributed by atoms with Gasteiger partial charge in [0.25, 0.3) is 0 Å². The Morgan fingerprint density at radius 3 is 2.36 bits per heavy atom. The smallest absolute Gasteiger partial charge is 0.239 e. The van der Waals surface area contributed by atoms with Crippen LogP contribution in [0.1, 0.15) is 25.3 Å². The summed E-state index contributed by atoms with van der Waals surface area (Å²) in [6, 6.07) is 8.14. The SMILES string of the molecule is Cc1ccccc1OC1CCN(C(=O)[C@H](C)N2CCN(C)CC2)CC1. The third-order valence-corrected chi connectivity index (χ3v) is 5.58. The Hall–Kier alpha value is -1.59. The molecule has 25 heavy (non-hydrogen) atoms. The summed E-state index contributed by atoms with van der Waals surface area (Å²) in [6.45, 7) is 9.79. The molecule has 2 heterocycles. The molecule has 2 saturated heterocycles. The van der Waals surface area contributed by atoms with Crippen LogP contribution in [-0.4, -0.2) is 79.1 Å². The van der Waals surface area contributed by atoms with Crippen molar-refractivity contribution in [2.24, 2.45) is 0 Å². The summed E-state index contributed by atoms with van der Waals surface area (Å²) in [6.07, 6.45) is 2.04. The molecule has 0 radical (unpaired) electrons. The molecule has 2 aliphatic heterocycles. The van der Waals surface area contributed by atoms with Gasteiger partial charge in [-0.05, 0) is 32.5 Å². The lowest BCUT2D eigenvalue weighted by Crippen LogP contribution is -2.55. The lowest BCUT2D eigenvalue weighted by atomic mass is 10.1. The van der Waals surface area contributed by atoms with Gasteiger partial charge in [0.2, 0.25) is 5.91 Å². The number of aryl methyl sites for hydroxylation is 1. The molecule has 138 valence electrons. The van der Waals surface area contributed by atoms with Crippen molar-refractivity contribution in [2.75, 3.05) is 46.3 Å². The van der Waals surface area contributed by atoms with Crippen LogP contribution in [0.2, 0.25) is 0 Å². The van der Waals surface area contributed by atoms with Gasteiger partial charge in [0.15, 0.2) is 0 Å². The van der Waals surface area contributed by atoms with Crippen LogP contribution in [0.5, 0.6) is 5.75 Å². The first-order valence-electron chi connectivity index (χ1n) is 9.48. The summed E-state index contributed by atoms with van der Waals surface area (Å²) in [5.41, 5.74) is 1.17. The Balaban J connectivity index is 1.48. The Morgan fingerprint density at radius 1 is 1.08 bits per heavy atom. The van der Waals surface area contributed by atoms with Crippen LogP contribution in [0.4, 0.5) is 0 Å². The molecule has 0 bridgehead atoms. The molecule has 1 aromatic carbocycles. The molecule has 5 heteroatoms. The fraction of sp³-hybridized carbons (Fsp3) is 0.650. The normalized spacial score (nSPS) is 22.0. The highest BCUT2D eigenvalue weighted by Gasteiger charge is 2.31. The molecule has 0 aromatic heterocycles. The van der Waals surface area contributed by atoms with E-state index >= 15 is 0 Å². The number of carbonyl (C=O) groups is 1. The molecule has 2 fully saturated rings. The van der Waals surface area contributed by atoms with Gasteiger partial charge in [-0.3, -0.25) is 9.69 Å². The van der Waals surface area contributed by atoms with Gasteiger partial charge in [0.05, 0.1) is 6.04 Å². The van der Waals surface area contributed by atoms with Crippen LogP contribution >= 0.6 is 0 Å². The van der Waals surface area contributed by atoms with Gasteiger partial charge in [-0.25, -0.2) is 0 Å². The van der Waals surface area contributed by atoms with Gasteiger partial charge in [-0.1, -0.05) is 18.2 Å². The molecule has 0 saturated carbocycles. The molecule has 3 rings (SSSR count). The minimum absolute atomic E-state index is 0.0115. The number of likely N-dealkylation sites (tertiary alicyclic amines) is 1. The number of amides is 1. The van der Waals surface area contributed by atoms with Crippen LogP contribution in [0.3, 0.4) is 0 Å². The fourth-order valence-electron chi connectivity index (χ4n) is 3.69. The Labute approximate surface area is 151 Å². The van der Waals surface area contributed by atoms with Crippen LogP contribution < -0.4 is 4.74 Å². The van der Waals surface area contributed by atoms with E-state index in [1.165, 1.54) is 5.56 Å². The molecule has 0 unspecified atom stereocenters. The Morgan fingerprint density at radius 2 is 1.72 bits per heavy atom. The number of piperidine rings is 1. The highest BCUT2D eigenvalue weighted by molar-refractivity contribution is 5.81. The first kappa shape index (κ1) is 18.2. The van der Waals surface area contributed by atoms with Crippen LogP contribution in [0.25, 0.3) is 0 Å². The molecule has 1 aromatic rings. The third kappa shape index (κ3) is 4.53. The molecule has 0 aliphatic carbocycles. The van der Waals surface area contributed by atoms with Gasteiger partial charge in [-0.2, -0.15) is 0 Å². The highest BCUT2D eigenvalue weighted by Crippen LogP contribution is 2.23. The van der Waals surface area contributed by atoms with Crippen LogP contribution in [0, 0.1) is 6.92 Å². The summed E-state index contributed by atoms with van der Waals surface area (Å²) >= 11 is 0. The number of ether oxygens (including phenoxy) is 1. The van der Waals surface area contributed by atoms with Crippen LogP contribution in [-0.2, 0) is 4.79 Å². The number of carbonyl (C=O) groups excluding carboxylic acids is 1. The molecule has 5 nitrogen and oxygen atoms in total. The second-order valence-corrected chi connectivity index (χ2v) is 7.42. The van der Waals surface area contributed by atoms with Crippen molar-refractivity contribution in [1.29, 1.82) is 0 Å². The highest BCUT2D eigenvalue weighted by atomic mass is 16.5. The van der Waals surface area contributed by atoms with Crippen molar-refractivity contribution < 1.29 is 9.53 Å². The van der Waals surface area contributed by atoms with Crippen molar-refractivity contribution in [3.63, 3.8) is 0 Å². The number of nitrogens with zero attached hydrogens (tertiary/aromatic N) is 3. The molecule has 1 amide bonds. The maximum absolute atomic E-state index is 12.8. The zero-order valence-electron chi connectivity index (χ0n) is 15.8. The summed E-state index contributed by atoms with van der Waals surface area (Å²) < 4.78 is 6.15. The number of piperazine rings is 1. The van der Waals surface area contributed by atoms with Crippen molar-refractivity contribution in [2.45, 2.75) is 38.8 Å². The van der Waals surface area contributed by atoms with E-state index in [0.717, 1.165) is 57.9 Å². The summed E-state index contributed by atoms with van der Waals surface area (Å²) in [4.78, 5) is 19.5. The van der Waals surface area contributed by atoms with Crippen molar-refractivity contribution in [1.82, 2.24) is 14.7 Å². The quantitative estimate of drug-likeness (QED) is 0.836. The average molecular weight is 345 g/mol. The van der Waals surface area contributed by atoms with Gasteiger partial charge in [0, 0.05) is 52.1 Å². The van der Waals surface area contributed by atoms with E-state index < -0.39 is 0 Å². The topological polar surface area (TPSA) is 36.0 Å². The fourth-order valence-corrected chi connectivity index (χ4v) is 3.69. The molecular formula is C20H31N3O2. The third-order valence-electron chi connectivity index (χ3n) is 5.58. The van der Waals surface area contributed by atoms with E-state index in [4.69, 9.17) is 4.74 Å². The van der Waals surface area contributed by atoms with Gasteiger partial charge < -0.3 is 14.5 Å². The summed E-state index contributed by atoms with van der Waals surface area (Å²) in [5, 5.41) is 0. The second kappa shape index (κ2) is 8.19. The predicted octanol–water partition coefficient (Wildman–Crippen LogP) is 2.00. The number of hydrogen-bond acceptors (Lipinski definition) is 4. The number of para-hydroxylation sites is 1. The minimum atomic E-state index is -0.0115. The number of rotatable bonds is 4. The number of hydrogen-bond donors (Lipinski definition) is 0. The monoisotopic (exact) mass is 345 g/mol. The van der Waals surface area contributed by atoms with E-state index in [2.05, 4.69) is 36.8 Å². The molecule has 0 N–H and O–H groups in total. The van der Waals surface area contributed by atoms with E-state index in [1.54, 1.807) is 0 Å². The van der Waals surface area contributed by atoms with Gasteiger partial charge in [0.1, 0.15) is 11.9 Å². The lowest BCUT2D eigenvalue weighted by molar-refractivity contribution is -0.138. The maximum Gasteiger partial charge on any atom is 0.239 e. The van der Waals surface area contributed by atoms with E-state index in [-0.39, 0.29) is 18.1 Å². The van der Waals surface area contributed by atoms with Crippen molar-refractivity contribution in [3.05, 3.63) is 29.8 Å². The van der Waals surface area contributed by atoms with Crippen molar-refractivity contribution in [3.8, 4) is 5.75 Å². The molecular weight excluding hydrogens is 314 g/mol. The van der Waals surface area contributed by atoms with Crippen molar-refractivity contribution >= 4 is 5.91 Å². The van der Waals surface area contributed by atoms with Gasteiger partial charge >= 0.3 is 0 Å². The Kier molecular flexibility index (Phi) is 5.97. The summed E-state index contributed by atoms with van der Waals surface area (Å²) in [7, 11) is 2.14. The predicted molar refractivity (Wildman–Crippen MR) is 99.9 cm³/mol. The molecule has 1 atom stereocenters. The lowest BCUT2D eigenvalue weighted by Gasteiger charge is -2.39. The zero-order chi connectivity index (χ0) is 17.8. The molecule has 0 spiro atoms. The number of likely N-dealkylation sites (N-methyl/N-ethyl adjacent to an activating group) is 1. The Bertz CT molecular complexity index is 576. The first-order valence-corrected chi connectivity index (χ1v) is 9.48. The minimum Gasteiger partial charge on any atom is -0.490 e. The van der Waals surface area contributed by atoms with E-state index in [0.29, 0.717) is 0 Å². The summed E-state index contributed by atoms with van der Waals surface area (Å²) in [5.74, 6) is 1.25. The maximum atomic E-state index is 12.8. The standard InChI is InChI=1S/C20H31N3O2/c1-16-6-4-5-7-19(16)25-18-8-10-23(11-9-18)20(24)17(2)22-14-12-21(3)13-15-22/h4-7,17-18H,8-15H2,1-3H3/t17-/m0/s1. The van der Waals surface area contributed by atoms with E-state index in [1.807, 2.05) is 23.1 Å². The zero-order valence-corrected chi connectivity index (χ0v) is 15.8. The van der Waals surface area contributed by atoms with E-state index in [9.17, 15) is 4.79 Å². The first-order chi connectivity index (χ1) is 12.0. The van der Waals surface area contributed by atoms with Gasteiger partial charge in [-0.15, -0.1) is 0 Å². The second-order valence-electron chi connectivity index (χ2n) is 7.42. The largest absolute Gasteiger partial charge is 0.490 e. The average Bonchev–Trinajstić information content (AvgIpc) is 2.64. The van der Waals surface area contributed by atoms with Crippen LogP contribution in [0.15, 0.2) is 24.3 Å². The number of benzene rings is 1. The molecule has 2 aliphatic rings.